The van der Waals surface area contributed by atoms with Gasteiger partial charge in [0.15, 0.2) is 0 Å². The van der Waals surface area contributed by atoms with Crippen molar-refractivity contribution in [2.45, 2.75) is 19.6 Å². The molecule has 1 fully saturated rings. The Morgan fingerprint density at radius 3 is 2.79 bits per heavy atom. The van der Waals surface area contributed by atoms with E-state index in [9.17, 15) is 0 Å². The van der Waals surface area contributed by atoms with Crippen molar-refractivity contribution in [1.82, 2.24) is 9.55 Å². The second kappa shape index (κ2) is 5.97. The molecule has 0 amide bonds. The van der Waals surface area contributed by atoms with Crippen molar-refractivity contribution in [3.63, 3.8) is 0 Å². The summed E-state index contributed by atoms with van der Waals surface area (Å²) in [5, 5.41) is 0. The van der Waals surface area contributed by atoms with Crippen molar-refractivity contribution >= 4 is 0 Å². The quantitative estimate of drug-likeness (QED) is 0.826. The first-order chi connectivity index (χ1) is 9.43. The first kappa shape index (κ1) is 12.3. The van der Waals surface area contributed by atoms with Crippen molar-refractivity contribution in [2.75, 3.05) is 13.2 Å². The topological polar surface area (TPSA) is 45.5 Å². The van der Waals surface area contributed by atoms with Crippen molar-refractivity contribution < 1.29 is 14.2 Å². The lowest BCUT2D eigenvalue weighted by molar-refractivity contribution is -0.0545. The van der Waals surface area contributed by atoms with Crippen LogP contribution in [0, 0.1) is 0 Å². The van der Waals surface area contributed by atoms with Crippen LogP contribution in [-0.2, 0) is 27.5 Å². The third kappa shape index (κ3) is 3.01. The van der Waals surface area contributed by atoms with Crippen LogP contribution in [-0.4, -0.2) is 22.8 Å². The summed E-state index contributed by atoms with van der Waals surface area (Å²) in [6, 6.07) is 10.1. The zero-order chi connectivity index (χ0) is 12.9. The standard InChI is InChI=1S/C14H16N2O3/c1-2-4-12(5-3-1)9-17-11-16-10-15-8-13(16)14-18-6-7-19-14/h1-5,8,10,14H,6-7,9,11H2. The van der Waals surface area contributed by atoms with E-state index in [-0.39, 0.29) is 6.29 Å². The fourth-order valence-electron chi connectivity index (χ4n) is 2.00. The zero-order valence-electron chi connectivity index (χ0n) is 10.6. The molecule has 1 aromatic heterocycles. The first-order valence-corrected chi connectivity index (χ1v) is 6.28. The number of rotatable bonds is 5. The minimum absolute atomic E-state index is 0.317. The van der Waals surface area contributed by atoms with Gasteiger partial charge in [0, 0.05) is 0 Å². The van der Waals surface area contributed by atoms with Crippen molar-refractivity contribution in [3.8, 4) is 0 Å². The molecule has 0 saturated carbocycles. The Kier molecular flexibility index (Phi) is 3.88. The molecule has 0 unspecified atom stereocenters. The van der Waals surface area contributed by atoms with E-state index >= 15 is 0 Å². The molecule has 2 aromatic rings. The molecule has 5 heteroatoms. The highest BCUT2D eigenvalue weighted by Crippen LogP contribution is 2.22. The first-order valence-electron chi connectivity index (χ1n) is 6.28. The largest absolute Gasteiger partial charge is 0.356 e. The van der Waals surface area contributed by atoms with Gasteiger partial charge in [-0.15, -0.1) is 0 Å². The van der Waals surface area contributed by atoms with Gasteiger partial charge in [-0.25, -0.2) is 4.98 Å². The van der Waals surface area contributed by atoms with Gasteiger partial charge in [-0.2, -0.15) is 0 Å². The third-order valence-electron chi connectivity index (χ3n) is 2.95. The van der Waals surface area contributed by atoms with Gasteiger partial charge in [-0.1, -0.05) is 30.3 Å². The minimum atomic E-state index is -0.317. The number of nitrogens with zero attached hydrogens (tertiary/aromatic N) is 2. The highest BCUT2D eigenvalue weighted by molar-refractivity contribution is 5.13. The fraction of sp³-hybridized carbons (Fsp3) is 0.357. The van der Waals surface area contributed by atoms with Gasteiger partial charge in [0.05, 0.1) is 38.0 Å². The Bertz CT molecular complexity index is 506. The molecule has 5 nitrogen and oxygen atoms in total. The molecule has 100 valence electrons. The van der Waals surface area contributed by atoms with Gasteiger partial charge in [-0.3, -0.25) is 0 Å². The number of imidazole rings is 1. The molecule has 0 bridgehead atoms. The third-order valence-corrected chi connectivity index (χ3v) is 2.95. The predicted octanol–water partition coefficient (Wildman–Crippen LogP) is 2.10. The molecule has 1 aromatic carbocycles. The molecule has 0 N–H and O–H groups in total. The van der Waals surface area contributed by atoms with E-state index in [0.29, 0.717) is 26.6 Å². The maximum atomic E-state index is 5.68. The summed E-state index contributed by atoms with van der Waals surface area (Å²) in [5.41, 5.74) is 2.04. The van der Waals surface area contributed by atoms with Crippen LogP contribution in [0.4, 0.5) is 0 Å². The van der Waals surface area contributed by atoms with E-state index in [1.54, 1.807) is 12.5 Å². The highest BCUT2D eigenvalue weighted by Gasteiger charge is 2.21. The number of ether oxygens (including phenoxy) is 3. The van der Waals surface area contributed by atoms with Crippen LogP contribution < -0.4 is 0 Å². The van der Waals surface area contributed by atoms with E-state index in [2.05, 4.69) is 4.98 Å². The molecule has 1 saturated heterocycles. The lowest BCUT2D eigenvalue weighted by Crippen LogP contribution is -2.10. The molecular formula is C14H16N2O3. The molecule has 2 heterocycles. The zero-order valence-corrected chi connectivity index (χ0v) is 10.6. The van der Waals surface area contributed by atoms with Crippen LogP contribution in [0.5, 0.6) is 0 Å². The van der Waals surface area contributed by atoms with Crippen LogP contribution in [0.2, 0.25) is 0 Å². The van der Waals surface area contributed by atoms with Crippen LogP contribution >= 0.6 is 0 Å². The molecule has 0 atom stereocenters. The fourth-order valence-corrected chi connectivity index (χ4v) is 2.00. The Morgan fingerprint density at radius 1 is 1.21 bits per heavy atom. The Labute approximate surface area is 111 Å². The van der Waals surface area contributed by atoms with Crippen molar-refractivity contribution in [1.29, 1.82) is 0 Å². The predicted molar refractivity (Wildman–Crippen MR) is 68.1 cm³/mol. The second-order valence-electron chi connectivity index (χ2n) is 4.32. The lowest BCUT2D eigenvalue weighted by Gasteiger charge is -2.13. The highest BCUT2D eigenvalue weighted by atomic mass is 16.7. The van der Waals surface area contributed by atoms with E-state index in [1.807, 2.05) is 34.9 Å². The van der Waals surface area contributed by atoms with Gasteiger partial charge in [-0.05, 0) is 5.56 Å². The van der Waals surface area contributed by atoms with Gasteiger partial charge in [0.25, 0.3) is 0 Å². The Hall–Kier alpha value is -1.69. The van der Waals surface area contributed by atoms with E-state index < -0.39 is 0 Å². The summed E-state index contributed by atoms with van der Waals surface area (Å²) < 4.78 is 18.5. The minimum Gasteiger partial charge on any atom is -0.356 e. The smallest absolute Gasteiger partial charge is 0.200 e. The van der Waals surface area contributed by atoms with E-state index in [4.69, 9.17) is 14.2 Å². The number of hydrogen-bond acceptors (Lipinski definition) is 4. The molecule has 19 heavy (non-hydrogen) atoms. The van der Waals surface area contributed by atoms with Crippen molar-refractivity contribution in [2.24, 2.45) is 0 Å². The lowest BCUT2D eigenvalue weighted by atomic mass is 10.2. The van der Waals surface area contributed by atoms with Crippen LogP contribution in [0.1, 0.15) is 17.5 Å². The maximum Gasteiger partial charge on any atom is 0.200 e. The molecule has 1 aliphatic heterocycles. The Balaban J connectivity index is 1.57. The summed E-state index contributed by atoms with van der Waals surface area (Å²) in [6.07, 6.45) is 3.16. The summed E-state index contributed by atoms with van der Waals surface area (Å²) >= 11 is 0. The monoisotopic (exact) mass is 260 g/mol. The van der Waals surface area contributed by atoms with Gasteiger partial charge >= 0.3 is 0 Å². The van der Waals surface area contributed by atoms with Crippen LogP contribution in [0.15, 0.2) is 42.9 Å². The van der Waals surface area contributed by atoms with Crippen molar-refractivity contribution in [3.05, 3.63) is 54.1 Å². The number of aromatic nitrogens is 2. The SMILES string of the molecule is c1ccc(COCn2cncc2C2OCCO2)cc1. The normalized spacial score (nSPS) is 16.0. The number of benzene rings is 1. The van der Waals surface area contributed by atoms with Crippen LogP contribution in [0.25, 0.3) is 0 Å². The number of hydrogen-bond donors (Lipinski definition) is 0. The summed E-state index contributed by atoms with van der Waals surface area (Å²) in [5.74, 6) is 0. The van der Waals surface area contributed by atoms with E-state index in [0.717, 1.165) is 11.3 Å². The molecule has 0 aliphatic carbocycles. The van der Waals surface area contributed by atoms with Gasteiger partial charge in [0.1, 0.15) is 6.73 Å². The molecule has 0 spiro atoms. The van der Waals surface area contributed by atoms with E-state index in [1.165, 1.54) is 0 Å². The molecule has 1 aliphatic rings. The average Bonchev–Trinajstić information content (AvgIpc) is 3.10. The molecule has 0 radical (unpaired) electrons. The Morgan fingerprint density at radius 2 is 2.00 bits per heavy atom. The van der Waals surface area contributed by atoms with Gasteiger partial charge in [0.2, 0.25) is 6.29 Å². The second-order valence-corrected chi connectivity index (χ2v) is 4.32. The summed E-state index contributed by atoms with van der Waals surface area (Å²) in [4.78, 5) is 4.12. The molecule has 3 rings (SSSR count). The molecular weight excluding hydrogens is 244 g/mol. The summed E-state index contributed by atoms with van der Waals surface area (Å²) in [6.45, 7) is 2.26. The van der Waals surface area contributed by atoms with Gasteiger partial charge < -0.3 is 18.8 Å². The van der Waals surface area contributed by atoms with Crippen LogP contribution in [0.3, 0.4) is 0 Å². The maximum absolute atomic E-state index is 5.68. The summed E-state index contributed by atoms with van der Waals surface area (Å²) in [7, 11) is 0. The average molecular weight is 260 g/mol.